The highest BCUT2D eigenvalue weighted by Gasteiger charge is 2.41. The van der Waals surface area contributed by atoms with Crippen molar-refractivity contribution >= 4 is 11.4 Å². The molecule has 38 heavy (non-hydrogen) atoms. The van der Waals surface area contributed by atoms with E-state index in [9.17, 15) is 0 Å². The van der Waals surface area contributed by atoms with Gasteiger partial charge in [0.05, 0.1) is 0 Å². The zero-order valence-corrected chi connectivity index (χ0v) is 22.2. The van der Waals surface area contributed by atoms with Gasteiger partial charge in [0, 0.05) is 16.8 Å². The van der Waals surface area contributed by atoms with E-state index in [1.54, 1.807) is 0 Å². The fourth-order valence-electron chi connectivity index (χ4n) is 6.11. The summed E-state index contributed by atoms with van der Waals surface area (Å²) in [7, 11) is 0. The minimum atomic E-state index is -0.0470. The Hall–Kier alpha value is -3.92. The highest BCUT2D eigenvalue weighted by atomic mass is 16.5. The first kappa shape index (κ1) is 25.7. The topological polar surface area (TPSA) is 70.5 Å². The molecule has 4 aromatic rings. The monoisotopic (exact) mass is 506 g/mol. The average molecular weight is 507 g/mol. The molecule has 4 aromatic carbocycles. The maximum atomic E-state index is 6.11. The van der Waals surface area contributed by atoms with Gasteiger partial charge in [-0.25, -0.2) is 0 Å². The molecule has 5 rings (SSSR count). The summed E-state index contributed by atoms with van der Waals surface area (Å²) in [5.74, 6) is 3.84. The summed E-state index contributed by atoms with van der Waals surface area (Å²) < 4.78 is 12.2. The number of hydrogen-bond acceptors (Lipinski definition) is 4. The Balaban J connectivity index is 1.47. The van der Waals surface area contributed by atoms with Gasteiger partial charge < -0.3 is 20.9 Å². The van der Waals surface area contributed by atoms with Crippen molar-refractivity contribution in [1.29, 1.82) is 0 Å². The van der Waals surface area contributed by atoms with Gasteiger partial charge in [-0.1, -0.05) is 56.9 Å². The molecule has 1 aliphatic rings. The van der Waals surface area contributed by atoms with Crippen LogP contribution in [0, 0.1) is 5.92 Å². The molecule has 0 saturated heterocycles. The van der Waals surface area contributed by atoms with Crippen LogP contribution in [0.2, 0.25) is 0 Å². The molecule has 1 fully saturated rings. The number of hydrogen-bond donors (Lipinski definition) is 2. The van der Waals surface area contributed by atoms with E-state index >= 15 is 0 Å². The first-order valence-corrected chi connectivity index (χ1v) is 13.8. The second-order valence-corrected chi connectivity index (χ2v) is 10.4. The largest absolute Gasteiger partial charge is 0.457 e. The van der Waals surface area contributed by atoms with Crippen LogP contribution in [-0.2, 0) is 5.41 Å². The lowest BCUT2D eigenvalue weighted by Crippen LogP contribution is -2.38. The zero-order valence-electron chi connectivity index (χ0n) is 22.2. The molecule has 0 atom stereocenters. The second-order valence-electron chi connectivity index (χ2n) is 10.4. The SMILES string of the molecule is CCCC(c1ccc(Oc2ccc(N)cc2)cc1)(c1ccc(Oc2ccc(N)cc2)cc1)C1CCCCC1. The van der Waals surface area contributed by atoms with Crippen molar-refractivity contribution in [2.24, 2.45) is 5.92 Å². The van der Waals surface area contributed by atoms with Crippen LogP contribution in [0.1, 0.15) is 63.0 Å². The molecular formula is C34H38N2O2. The molecular weight excluding hydrogens is 468 g/mol. The van der Waals surface area contributed by atoms with Crippen LogP contribution in [0.25, 0.3) is 0 Å². The van der Waals surface area contributed by atoms with Gasteiger partial charge in [-0.3, -0.25) is 0 Å². The summed E-state index contributed by atoms with van der Waals surface area (Å²) in [6.07, 6.45) is 8.67. The first-order valence-electron chi connectivity index (χ1n) is 13.8. The summed E-state index contributed by atoms with van der Waals surface area (Å²) in [5.41, 5.74) is 15.8. The minimum absolute atomic E-state index is 0.0470. The molecule has 0 bridgehead atoms. The van der Waals surface area contributed by atoms with E-state index in [1.807, 2.05) is 48.5 Å². The molecule has 4 heteroatoms. The molecule has 1 saturated carbocycles. The van der Waals surface area contributed by atoms with Crippen molar-refractivity contribution in [3.63, 3.8) is 0 Å². The lowest BCUT2D eigenvalue weighted by atomic mass is 9.59. The number of nitrogen functional groups attached to an aromatic ring is 2. The summed E-state index contributed by atoms with van der Waals surface area (Å²) in [6.45, 7) is 2.30. The molecule has 196 valence electrons. The van der Waals surface area contributed by atoms with Gasteiger partial charge in [0.15, 0.2) is 0 Å². The van der Waals surface area contributed by atoms with Crippen LogP contribution in [0.15, 0.2) is 97.1 Å². The Kier molecular flexibility index (Phi) is 7.88. The smallest absolute Gasteiger partial charge is 0.127 e. The van der Waals surface area contributed by atoms with E-state index < -0.39 is 0 Å². The first-order chi connectivity index (χ1) is 18.6. The number of nitrogens with two attached hydrogens (primary N) is 2. The summed E-state index contributed by atoms with van der Waals surface area (Å²) >= 11 is 0. The third-order valence-electron chi connectivity index (χ3n) is 7.92. The lowest BCUT2D eigenvalue weighted by Gasteiger charge is -2.44. The maximum Gasteiger partial charge on any atom is 0.127 e. The fourth-order valence-corrected chi connectivity index (χ4v) is 6.11. The van der Waals surface area contributed by atoms with Crippen LogP contribution in [0.4, 0.5) is 11.4 Å². The highest BCUT2D eigenvalue weighted by molar-refractivity contribution is 5.48. The lowest BCUT2D eigenvalue weighted by molar-refractivity contribution is 0.224. The molecule has 0 aromatic heterocycles. The predicted octanol–water partition coefficient (Wildman–Crippen LogP) is 9.10. The molecule has 0 aliphatic heterocycles. The van der Waals surface area contributed by atoms with Gasteiger partial charge in [-0.05, 0) is 109 Å². The van der Waals surface area contributed by atoms with Gasteiger partial charge >= 0.3 is 0 Å². The Morgan fingerprint density at radius 1 is 0.579 bits per heavy atom. The Bertz CT molecular complexity index is 1200. The summed E-state index contributed by atoms with van der Waals surface area (Å²) in [4.78, 5) is 0. The van der Waals surface area contributed by atoms with Gasteiger partial charge in [0.1, 0.15) is 23.0 Å². The minimum Gasteiger partial charge on any atom is -0.457 e. The summed E-state index contributed by atoms with van der Waals surface area (Å²) in [6, 6.07) is 32.6. The van der Waals surface area contributed by atoms with Crippen LogP contribution in [0.3, 0.4) is 0 Å². The molecule has 0 amide bonds. The second kappa shape index (κ2) is 11.6. The fraction of sp³-hybridized carbons (Fsp3) is 0.294. The Morgan fingerprint density at radius 3 is 1.32 bits per heavy atom. The Labute approximate surface area is 226 Å². The number of rotatable bonds is 9. The average Bonchev–Trinajstić information content (AvgIpc) is 2.96. The van der Waals surface area contributed by atoms with E-state index in [0.29, 0.717) is 5.92 Å². The molecule has 4 nitrogen and oxygen atoms in total. The van der Waals surface area contributed by atoms with E-state index in [4.69, 9.17) is 20.9 Å². The quantitative estimate of drug-likeness (QED) is 0.222. The van der Waals surface area contributed by atoms with Gasteiger partial charge in [0.2, 0.25) is 0 Å². The third-order valence-corrected chi connectivity index (χ3v) is 7.92. The van der Waals surface area contributed by atoms with Crippen molar-refractivity contribution in [2.75, 3.05) is 11.5 Å². The van der Waals surface area contributed by atoms with Gasteiger partial charge in [-0.15, -0.1) is 0 Å². The predicted molar refractivity (Wildman–Crippen MR) is 157 cm³/mol. The van der Waals surface area contributed by atoms with Gasteiger partial charge in [0.25, 0.3) is 0 Å². The van der Waals surface area contributed by atoms with Crippen molar-refractivity contribution in [1.82, 2.24) is 0 Å². The zero-order chi connectivity index (χ0) is 26.4. The van der Waals surface area contributed by atoms with E-state index in [1.165, 1.54) is 43.2 Å². The normalized spacial score (nSPS) is 14.2. The van der Waals surface area contributed by atoms with E-state index in [0.717, 1.165) is 47.2 Å². The Morgan fingerprint density at radius 2 is 0.947 bits per heavy atom. The third kappa shape index (κ3) is 5.65. The summed E-state index contributed by atoms with van der Waals surface area (Å²) in [5, 5.41) is 0. The highest BCUT2D eigenvalue weighted by Crippen LogP contribution is 2.49. The van der Waals surface area contributed by atoms with E-state index in [-0.39, 0.29) is 5.41 Å². The van der Waals surface area contributed by atoms with Crippen molar-refractivity contribution < 1.29 is 9.47 Å². The van der Waals surface area contributed by atoms with Crippen LogP contribution in [-0.4, -0.2) is 0 Å². The van der Waals surface area contributed by atoms with Gasteiger partial charge in [-0.2, -0.15) is 0 Å². The van der Waals surface area contributed by atoms with Crippen LogP contribution < -0.4 is 20.9 Å². The number of anilines is 2. The molecule has 0 unspecified atom stereocenters. The molecule has 0 spiro atoms. The van der Waals surface area contributed by atoms with E-state index in [2.05, 4.69) is 55.5 Å². The van der Waals surface area contributed by atoms with Crippen LogP contribution >= 0.6 is 0 Å². The maximum absolute atomic E-state index is 6.11. The molecule has 0 heterocycles. The number of ether oxygens (including phenoxy) is 2. The number of benzene rings is 4. The molecule has 1 aliphatic carbocycles. The molecule has 0 radical (unpaired) electrons. The van der Waals surface area contributed by atoms with Crippen molar-refractivity contribution in [2.45, 2.75) is 57.3 Å². The van der Waals surface area contributed by atoms with Crippen LogP contribution in [0.5, 0.6) is 23.0 Å². The standard InChI is InChI=1S/C34H38N2O2/c1-2-24-34(25-6-4-3-5-7-25,26-8-16-30(17-9-26)37-32-20-12-28(35)13-21-32)27-10-18-31(19-11-27)38-33-22-14-29(36)15-23-33/h8-23,25H,2-7,24,35-36H2,1H3. The molecule has 4 N–H and O–H groups in total. The van der Waals surface area contributed by atoms with Crippen molar-refractivity contribution in [3.8, 4) is 23.0 Å². The van der Waals surface area contributed by atoms with Crippen molar-refractivity contribution in [3.05, 3.63) is 108 Å².